The summed E-state index contributed by atoms with van der Waals surface area (Å²) in [5.74, 6) is -4.22. The third-order valence-corrected chi connectivity index (χ3v) is 9.47. The average Bonchev–Trinajstić information content (AvgIpc) is 3.84. The van der Waals surface area contributed by atoms with Crippen LogP contribution in [0.3, 0.4) is 0 Å². The fourth-order valence-electron chi connectivity index (χ4n) is 7.23. The summed E-state index contributed by atoms with van der Waals surface area (Å²) >= 11 is 0. The summed E-state index contributed by atoms with van der Waals surface area (Å²) in [6.07, 6.45) is -2.03. The molecule has 2 amide bonds. The van der Waals surface area contributed by atoms with E-state index < -0.39 is 72.9 Å². The van der Waals surface area contributed by atoms with Gasteiger partial charge in [-0.15, -0.1) is 0 Å². The number of hydrogen-bond donors (Lipinski definition) is 1. The predicted octanol–water partition coefficient (Wildman–Crippen LogP) is 4.23. The van der Waals surface area contributed by atoms with Crippen LogP contribution in [0.4, 0.5) is 0 Å². The van der Waals surface area contributed by atoms with Crippen LogP contribution in [0.15, 0.2) is 85.3 Å². The molecule has 57 heavy (non-hydrogen) atoms. The SMILES string of the molecule is CC(=O)OC[C@H]1OC(n2cc(C3=C(c4c[nH]c5ncccc45)C(=O)N(COCc4ccccc4)C3=O)c3ccccc32)[C@H](OC(C)=O)[C@@H](OC(C)=O)[C@@H]1OC(C)=O. The van der Waals surface area contributed by atoms with E-state index in [9.17, 15) is 28.8 Å². The fraction of sp³-hybridized carbons (Fsp3) is 0.293. The molecular formula is C41H38N4O12. The number of aromatic nitrogens is 3. The molecule has 0 radical (unpaired) electrons. The summed E-state index contributed by atoms with van der Waals surface area (Å²) in [5, 5.41) is 1.10. The molecule has 2 aromatic carbocycles. The molecule has 5 heterocycles. The molecule has 1 N–H and O–H groups in total. The number of nitrogens with one attached hydrogen (secondary N) is 1. The molecular weight excluding hydrogens is 740 g/mol. The van der Waals surface area contributed by atoms with Gasteiger partial charge in [-0.25, -0.2) is 9.88 Å². The maximum absolute atomic E-state index is 14.6. The quantitative estimate of drug-likeness (QED) is 0.108. The van der Waals surface area contributed by atoms with Gasteiger partial charge in [0, 0.05) is 68.2 Å². The van der Waals surface area contributed by atoms with Gasteiger partial charge in [0.05, 0.1) is 23.3 Å². The molecule has 16 nitrogen and oxygen atoms in total. The molecule has 7 rings (SSSR count). The normalized spacial score (nSPS) is 20.9. The van der Waals surface area contributed by atoms with Gasteiger partial charge in [0.25, 0.3) is 11.8 Å². The molecule has 1 saturated heterocycles. The van der Waals surface area contributed by atoms with Gasteiger partial charge in [0.15, 0.2) is 24.5 Å². The van der Waals surface area contributed by atoms with Crippen LogP contribution in [0.1, 0.15) is 50.6 Å². The number of aromatic amines is 1. The highest BCUT2D eigenvalue weighted by molar-refractivity contribution is 6.50. The molecule has 2 aliphatic rings. The van der Waals surface area contributed by atoms with Crippen molar-refractivity contribution in [1.29, 1.82) is 0 Å². The molecule has 294 valence electrons. The molecule has 0 spiro atoms. The summed E-state index contributed by atoms with van der Waals surface area (Å²) < 4.78 is 36.3. The first kappa shape index (κ1) is 38.6. The molecule has 1 fully saturated rings. The molecule has 2 aliphatic heterocycles. The monoisotopic (exact) mass is 778 g/mol. The number of H-pyrrole nitrogens is 1. The molecule has 0 aliphatic carbocycles. The van der Waals surface area contributed by atoms with E-state index in [1.54, 1.807) is 59.6 Å². The van der Waals surface area contributed by atoms with Crippen molar-refractivity contribution in [3.05, 3.63) is 102 Å². The first-order valence-corrected chi connectivity index (χ1v) is 18.0. The number of para-hydroxylation sites is 1. The summed E-state index contributed by atoms with van der Waals surface area (Å²) in [5.41, 5.74) is 2.69. The Balaban J connectivity index is 1.39. The lowest BCUT2D eigenvalue weighted by molar-refractivity contribution is -0.267. The van der Waals surface area contributed by atoms with E-state index in [1.165, 1.54) is 6.92 Å². The van der Waals surface area contributed by atoms with Gasteiger partial charge < -0.3 is 38.0 Å². The first-order chi connectivity index (χ1) is 27.4. The summed E-state index contributed by atoms with van der Waals surface area (Å²) in [6, 6.07) is 19.8. The Hall–Kier alpha value is -6.65. The topological polar surface area (TPSA) is 195 Å². The number of carbonyl (C=O) groups is 6. The lowest BCUT2D eigenvalue weighted by atomic mass is 9.96. The van der Waals surface area contributed by atoms with Gasteiger partial charge in [-0.1, -0.05) is 48.5 Å². The Morgan fingerprint density at radius 2 is 1.37 bits per heavy atom. The lowest BCUT2D eigenvalue weighted by Crippen LogP contribution is -2.60. The number of benzene rings is 2. The van der Waals surface area contributed by atoms with Crippen LogP contribution in [0.25, 0.3) is 33.1 Å². The largest absolute Gasteiger partial charge is 0.463 e. The van der Waals surface area contributed by atoms with Crippen LogP contribution in [0.5, 0.6) is 0 Å². The van der Waals surface area contributed by atoms with Crippen molar-refractivity contribution in [3.8, 4) is 0 Å². The van der Waals surface area contributed by atoms with Gasteiger partial charge in [-0.05, 0) is 23.8 Å². The highest BCUT2D eigenvalue weighted by Crippen LogP contribution is 2.44. The van der Waals surface area contributed by atoms with Crippen LogP contribution in [-0.4, -0.2) is 92.9 Å². The summed E-state index contributed by atoms with van der Waals surface area (Å²) in [4.78, 5) is 87.1. The van der Waals surface area contributed by atoms with Crippen LogP contribution in [0, 0.1) is 0 Å². The zero-order valence-corrected chi connectivity index (χ0v) is 31.3. The Kier molecular flexibility index (Phi) is 11.0. The van der Waals surface area contributed by atoms with E-state index >= 15 is 0 Å². The summed E-state index contributed by atoms with van der Waals surface area (Å²) in [7, 11) is 0. The maximum Gasteiger partial charge on any atom is 0.303 e. The number of fused-ring (bicyclic) bond motifs is 2. The second-order valence-corrected chi connectivity index (χ2v) is 13.4. The first-order valence-electron chi connectivity index (χ1n) is 18.0. The third-order valence-electron chi connectivity index (χ3n) is 9.47. The van der Waals surface area contributed by atoms with Crippen molar-refractivity contribution in [2.45, 2.75) is 64.9 Å². The Bertz CT molecular complexity index is 2420. The van der Waals surface area contributed by atoms with Crippen molar-refractivity contribution in [3.63, 3.8) is 0 Å². The van der Waals surface area contributed by atoms with Crippen LogP contribution in [-0.2, 0) is 63.8 Å². The van der Waals surface area contributed by atoms with E-state index in [2.05, 4.69) is 9.97 Å². The number of carbonyl (C=O) groups excluding carboxylic acids is 6. The zero-order valence-electron chi connectivity index (χ0n) is 31.3. The number of hydrogen-bond acceptors (Lipinski definition) is 13. The Labute approximate surface area is 325 Å². The van der Waals surface area contributed by atoms with Gasteiger partial charge in [-0.3, -0.25) is 28.8 Å². The van der Waals surface area contributed by atoms with E-state index in [-0.39, 0.29) is 24.5 Å². The minimum absolute atomic E-state index is 0.0497. The standard InChI is InChI=1S/C41H38N4O12/c1-22(46)53-20-32-35(54-23(2)47)36(55-24(3)48)37(56-25(4)49)41(57-32)44-18-30(27-13-8-9-15-31(27)44)34-33(29-17-43-38-28(29)14-10-16-42-38)39(50)45(40(34)51)21-52-19-26-11-6-5-7-12-26/h5-18,32,35-37,41H,19-21H2,1-4H3,(H,42,43)/t32-,35-,36+,37-,41?/m1/s1. The minimum atomic E-state index is -1.44. The highest BCUT2D eigenvalue weighted by atomic mass is 16.7. The number of amides is 2. The number of esters is 4. The van der Waals surface area contributed by atoms with Crippen molar-refractivity contribution in [2.75, 3.05) is 13.3 Å². The molecule has 3 aromatic heterocycles. The van der Waals surface area contributed by atoms with Gasteiger partial charge >= 0.3 is 23.9 Å². The van der Waals surface area contributed by atoms with E-state index in [0.717, 1.165) is 31.2 Å². The zero-order chi connectivity index (χ0) is 40.4. The van der Waals surface area contributed by atoms with Crippen molar-refractivity contribution >= 4 is 68.8 Å². The number of rotatable bonds is 12. The van der Waals surface area contributed by atoms with Gasteiger partial charge in [-0.2, -0.15) is 0 Å². The van der Waals surface area contributed by atoms with E-state index in [0.29, 0.717) is 33.1 Å². The number of ether oxygens (including phenoxy) is 6. The fourth-order valence-corrected chi connectivity index (χ4v) is 7.23. The van der Waals surface area contributed by atoms with Crippen molar-refractivity contribution in [1.82, 2.24) is 19.4 Å². The van der Waals surface area contributed by atoms with Crippen LogP contribution < -0.4 is 0 Å². The maximum atomic E-state index is 14.6. The second-order valence-electron chi connectivity index (χ2n) is 13.4. The van der Waals surface area contributed by atoms with Crippen molar-refractivity contribution in [2.24, 2.45) is 0 Å². The van der Waals surface area contributed by atoms with Gasteiger partial charge in [0.1, 0.15) is 25.1 Å². The molecule has 1 unspecified atom stereocenters. The smallest absolute Gasteiger partial charge is 0.303 e. The second kappa shape index (κ2) is 16.2. The average molecular weight is 779 g/mol. The summed E-state index contributed by atoms with van der Waals surface area (Å²) in [6.45, 7) is 3.96. The lowest BCUT2D eigenvalue weighted by Gasteiger charge is -2.44. The molecule has 0 bridgehead atoms. The predicted molar refractivity (Wildman–Crippen MR) is 200 cm³/mol. The Morgan fingerprint density at radius 3 is 2.07 bits per heavy atom. The van der Waals surface area contributed by atoms with Gasteiger partial charge in [0.2, 0.25) is 0 Å². The van der Waals surface area contributed by atoms with Crippen molar-refractivity contribution < 1.29 is 57.2 Å². The Morgan fingerprint density at radius 1 is 0.737 bits per heavy atom. The van der Waals surface area contributed by atoms with Crippen LogP contribution >= 0.6 is 0 Å². The van der Waals surface area contributed by atoms with Crippen LogP contribution in [0.2, 0.25) is 0 Å². The minimum Gasteiger partial charge on any atom is -0.463 e. The number of pyridine rings is 1. The highest BCUT2D eigenvalue weighted by Gasteiger charge is 2.53. The molecule has 16 heteroatoms. The molecule has 5 atom stereocenters. The third kappa shape index (κ3) is 7.77. The van der Waals surface area contributed by atoms with E-state index in [1.807, 2.05) is 30.3 Å². The number of nitrogens with zero attached hydrogens (tertiary/aromatic N) is 3. The molecule has 5 aromatic rings. The number of imide groups is 1. The van der Waals surface area contributed by atoms with E-state index in [4.69, 9.17) is 28.4 Å². The molecule has 0 saturated carbocycles.